The SMILES string of the molecule is CC(C)[C@H]1COC(CC2=N[C@@H](C(C)C)CO2)=N1.[Cl][Co][Cl]. The van der Waals surface area contributed by atoms with Crippen LogP contribution in [0, 0.1) is 11.8 Å². The number of aliphatic imine (C=N–C) groups is 2. The van der Waals surface area contributed by atoms with E-state index in [2.05, 4.69) is 37.7 Å². The molecule has 2 rings (SSSR count). The first kappa shape index (κ1) is 18.1. The molecule has 2 aliphatic rings. The summed E-state index contributed by atoms with van der Waals surface area (Å²) in [7, 11) is 9.47. The molecule has 0 saturated heterocycles. The summed E-state index contributed by atoms with van der Waals surface area (Å²) in [5.74, 6) is 2.63. The molecule has 0 radical (unpaired) electrons. The molecule has 2 heterocycles. The van der Waals surface area contributed by atoms with Gasteiger partial charge in [-0.3, -0.25) is 0 Å². The van der Waals surface area contributed by atoms with E-state index in [4.69, 9.17) is 29.8 Å². The van der Waals surface area contributed by atoms with E-state index < -0.39 is 0 Å². The van der Waals surface area contributed by atoms with Gasteiger partial charge in [-0.2, -0.15) is 0 Å². The van der Waals surface area contributed by atoms with Crippen LogP contribution in [0.15, 0.2) is 9.98 Å². The Balaban J connectivity index is 0.000000612. The van der Waals surface area contributed by atoms with E-state index in [0.717, 1.165) is 11.8 Å². The van der Waals surface area contributed by atoms with Crippen molar-refractivity contribution < 1.29 is 22.4 Å². The first-order chi connectivity index (χ1) is 9.47. The molecule has 0 aromatic heterocycles. The predicted molar refractivity (Wildman–Crippen MR) is 80.3 cm³/mol. The Bertz CT molecular complexity index is 330. The molecule has 119 valence electrons. The Kier molecular flexibility index (Phi) is 8.25. The third kappa shape index (κ3) is 5.80. The average molecular weight is 368 g/mol. The van der Waals surface area contributed by atoms with Crippen molar-refractivity contribution in [2.45, 2.75) is 46.2 Å². The third-order valence-electron chi connectivity index (χ3n) is 3.30. The van der Waals surface area contributed by atoms with Crippen molar-refractivity contribution >= 4 is 32.1 Å². The van der Waals surface area contributed by atoms with Crippen LogP contribution in [-0.2, 0) is 22.4 Å². The molecule has 0 aromatic carbocycles. The fraction of sp³-hybridized carbons (Fsp3) is 0.846. The van der Waals surface area contributed by atoms with E-state index in [1.54, 1.807) is 0 Å². The molecule has 2 aliphatic heterocycles. The van der Waals surface area contributed by atoms with Gasteiger partial charge in [0.15, 0.2) is 11.8 Å². The zero-order valence-electron chi connectivity index (χ0n) is 12.2. The van der Waals surface area contributed by atoms with Crippen LogP contribution in [0.3, 0.4) is 0 Å². The zero-order valence-corrected chi connectivity index (χ0v) is 14.8. The zero-order chi connectivity index (χ0) is 15.1. The van der Waals surface area contributed by atoms with Crippen molar-refractivity contribution in [3.05, 3.63) is 0 Å². The number of hydrogen-bond donors (Lipinski definition) is 0. The summed E-state index contributed by atoms with van der Waals surface area (Å²) in [6.07, 6.45) is 0.618. The minimum atomic E-state index is 0.299. The molecule has 0 fully saturated rings. The second-order valence-electron chi connectivity index (χ2n) is 5.51. The van der Waals surface area contributed by atoms with Gasteiger partial charge in [0.05, 0.1) is 18.5 Å². The summed E-state index contributed by atoms with van der Waals surface area (Å²) in [4.78, 5) is 9.11. The predicted octanol–water partition coefficient (Wildman–Crippen LogP) is 3.66. The quantitative estimate of drug-likeness (QED) is 0.760. The Morgan fingerprint density at radius 1 is 1.00 bits per heavy atom. The summed E-state index contributed by atoms with van der Waals surface area (Å²) < 4.78 is 11.1. The first-order valence-corrected chi connectivity index (χ1v) is 9.57. The maximum absolute atomic E-state index is 5.57. The molecule has 0 spiro atoms. The standard InChI is InChI=1S/C13H22N2O2.2ClH.Co/c1-8(2)10-6-16-12(14-10)5-13-15-11(7-17-13)9(3)4;;;/h8-11H,5-7H2,1-4H3;2*1H;/q;;;+2/p-2/t10-,11-;;;/m1.../s1. The van der Waals surface area contributed by atoms with Gasteiger partial charge in [-0.15, -0.1) is 0 Å². The van der Waals surface area contributed by atoms with Crippen LogP contribution in [0.1, 0.15) is 34.1 Å². The van der Waals surface area contributed by atoms with E-state index in [1.807, 2.05) is 0 Å². The van der Waals surface area contributed by atoms with Crippen molar-refractivity contribution in [2.75, 3.05) is 13.2 Å². The van der Waals surface area contributed by atoms with Crippen molar-refractivity contribution in [3.8, 4) is 0 Å². The molecular weight excluding hydrogens is 346 g/mol. The molecule has 4 nitrogen and oxygen atoms in total. The molecule has 0 aliphatic carbocycles. The molecule has 20 heavy (non-hydrogen) atoms. The average Bonchev–Trinajstić information content (AvgIpc) is 2.99. The molecule has 0 saturated carbocycles. The summed E-state index contributed by atoms with van der Waals surface area (Å²) in [5, 5.41) is 0. The summed E-state index contributed by atoms with van der Waals surface area (Å²) in [5.41, 5.74) is 0. The Morgan fingerprint density at radius 2 is 1.35 bits per heavy atom. The van der Waals surface area contributed by atoms with Crippen LogP contribution in [0.4, 0.5) is 0 Å². The second-order valence-corrected chi connectivity index (χ2v) is 7.23. The normalized spacial score (nSPS) is 25.0. The van der Waals surface area contributed by atoms with Crippen molar-refractivity contribution in [3.63, 3.8) is 0 Å². The topological polar surface area (TPSA) is 43.2 Å². The van der Waals surface area contributed by atoms with Gasteiger partial charge in [0, 0.05) is 0 Å². The van der Waals surface area contributed by atoms with Gasteiger partial charge in [0.25, 0.3) is 0 Å². The Hall–Kier alpha value is 0.0265. The fourth-order valence-corrected chi connectivity index (χ4v) is 1.89. The van der Waals surface area contributed by atoms with Gasteiger partial charge < -0.3 is 9.47 Å². The maximum atomic E-state index is 5.57. The van der Waals surface area contributed by atoms with Crippen LogP contribution < -0.4 is 0 Å². The number of halogens is 2. The van der Waals surface area contributed by atoms with E-state index in [9.17, 15) is 0 Å². The van der Waals surface area contributed by atoms with Crippen LogP contribution in [0.5, 0.6) is 0 Å². The van der Waals surface area contributed by atoms with Gasteiger partial charge >= 0.3 is 33.2 Å². The van der Waals surface area contributed by atoms with Crippen molar-refractivity contribution in [1.29, 1.82) is 0 Å². The van der Waals surface area contributed by atoms with Crippen LogP contribution >= 0.6 is 20.3 Å². The molecule has 0 amide bonds. The number of nitrogens with zero attached hydrogens (tertiary/aromatic N) is 2. The van der Waals surface area contributed by atoms with Gasteiger partial charge in [-0.25, -0.2) is 9.98 Å². The van der Waals surface area contributed by atoms with E-state index in [0.29, 0.717) is 56.4 Å². The third-order valence-corrected chi connectivity index (χ3v) is 3.30. The van der Waals surface area contributed by atoms with Gasteiger partial charge in [0.2, 0.25) is 0 Å². The van der Waals surface area contributed by atoms with Gasteiger partial charge in [-0.05, 0) is 11.8 Å². The number of rotatable bonds is 4. The van der Waals surface area contributed by atoms with Gasteiger partial charge in [-0.1, -0.05) is 27.7 Å². The monoisotopic (exact) mass is 367 g/mol. The number of ether oxygens (including phenoxy) is 2. The summed E-state index contributed by atoms with van der Waals surface area (Å²) in [6.45, 7) is 10.1. The molecule has 7 heteroatoms. The van der Waals surface area contributed by atoms with Crippen molar-refractivity contribution in [2.24, 2.45) is 21.8 Å². The Morgan fingerprint density at radius 3 is 1.60 bits per heavy atom. The molecule has 0 bridgehead atoms. The van der Waals surface area contributed by atoms with Crippen LogP contribution in [0.25, 0.3) is 0 Å². The number of hydrogen-bond acceptors (Lipinski definition) is 4. The van der Waals surface area contributed by atoms with Gasteiger partial charge in [0.1, 0.15) is 13.2 Å². The van der Waals surface area contributed by atoms with Crippen LogP contribution in [-0.4, -0.2) is 37.1 Å². The van der Waals surface area contributed by atoms with Crippen molar-refractivity contribution in [1.82, 2.24) is 0 Å². The van der Waals surface area contributed by atoms with E-state index in [-0.39, 0.29) is 0 Å². The van der Waals surface area contributed by atoms with E-state index >= 15 is 0 Å². The fourth-order valence-electron chi connectivity index (χ4n) is 1.89. The second kappa shape index (κ2) is 9.13. The molecular formula is C13H22Cl2CoN2O2. The van der Waals surface area contributed by atoms with Crippen LogP contribution in [0.2, 0.25) is 0 Å². The molecule has 0 unspecified atom stereocenters. The summed E-state index contributed by atoms with van der Waals surface area (Å²) in [6, 6.07) is 0.598. The first-order valence-electron chi connectivity index (χ1n) is 6.70. The molecule has 0 N–H and O–H groups in total. The minimum absolute atomic E-state index is 0.299. The summed E-state index contributed by atoms with van der Waals surface area (Å²) >= 11 is 0.382. The molecule has 0 aromatic rings. The van der Waals surface area contributed by atoms with E-state index in [1.165, 1.54) is 0 Å². The molecule has 2 atom stereocenters. The Labute approximate surface area is 135 Å².